The minimum atomic E-state index is -1.04. The molecule has 0 aliphatic heterocycles. The molecule has 1 atom stereocenters. The fourth-order valence-corrected chi connectivity index (χ4v) is 2.96. The van der Waals surface area contributed by atoms with E-state index >= 15 is 0 Å². The van der Waals surface area contributed by atoms with Crippen LogP contribution in [0.15, 0.2) is 41.8 Å². The SMILES string of the molecule is C[C@@H](c1nnc(SCC(=O)O)n1-c1ccc(F)cc1F)n1cccn1. The summed E-state index contributed by atoms with van der Waals surface area (Å²) in [6.07, 6.45) is 3.31. The molecule has 3 aromatic rings. The summed E-state index contributed by atoms with van der Waals surface area (Å²) in [7, 11) is 0. The molecular weight excluding hydrogens is 352 g/mol. The van der Waals surface area contributed by atoms with Crippen LogP contribution in [-0.2, 0) is 4.79 Å². The Kier molecular flexibility index (Phi) is 4.79. The number of carboxylic acid groups (broad SMARTS) is 1. The van der Waals surface area contributed by atoms with E-state index in [1.54, 1.807) is 30.1 Å². The topological polar surface area (TPSA) is 85.8 Å². The first kappa shape index (κ1) is 17.1. The van der Waals surface area contributed by atoms with Crippen LogP contribution in [0.5, 0.6) is 0 Å². The Morgan fingerprint density at radius 2 is 2.16 bits per heavy atom. The van der Waals surface area contributed by atoms with Crippen molar-refractivity contribution < 1.29 is 18.7 Å². The van der Waals surface area contributed by atoms with Crippen LogP contribution < -0.4 is 0 Å². The van der Waals surface area contributed by atoms with Gasteiger partial charge < -0.3 is 5.11 Å². The monoisotopic (exact) mass is 365 g/mol. The van der Waals surface area contributed by atoms with Gasteiger partial charge in [0, 0.05) is 18.5 Å². The first-order chi connectivity index (χ1) is 12.0. The van der Waals surface area contributed by atoms with Crippen molar-refractivity contribution in [2.75, 3.05) is 5.75 Å². The molecule has 0 saturated carbocycles. The standard InChI is InChI=1S/C15H13F2N5O2S/c1-9(21-6-2-5-18-21)14-19-20-15(25-8-13(23)24)22(14)12-4-3-10(16)7-11(12)17/h2-7,9H,8H2,1H3,(H,23,24)/t9-/m0/s1. The first-order valence-corrected chi connectivity index (χ1v) is 8.20. The normalized spacial score (nSPS) is 12.3. The summed E-state index contributed by atoms with van der Waals surface area (Å²) < 4.78 is 30.6. The first-order valence-electron chi connectivity index (χ1n) is 7.22. The number of thioether (sulfide) groups is 1. The van der Waals surface area contributed by atoms with E-state index in [-0.39, 0.29) is 16.6 Å². The molecule has 130 valence electrons. The molecule has 3 rings (SSSR count). The van der Waals surface area contributed by atoms with Gasteiger partial charge in [0.2, 0.25) is 0 Å². The molecule has 25 heavy (non-hydrogen) atoms. The van der Waals surface area contributed by atoms with Crippen LogP contribution in [0.3, 0.4) is 0 Å². The van der Waals surface area contributed by atoms with E-state index in [1.807, 2.05) is 0 Å². The van der Waals surface area contributed by atoms with Crippen molar-refractivity contribution >= 4 is 17.7 Å². The zero-order valence-corrected chi connectivity index (χ0v) is 13.8. The van der Waals surface area contributed by atoms with Gasteiger partial charge in [-0.15, -0.1) is 10.2 Å². The zero-order valence-electron chi connectivity index (χ0n) is 13.0. The molecule has 1 aromatic carbocycles. The van der Waals surface area contributed by atoms with Crippen molar-refractivity contribution in [2.24, 2.45) is 0 Å². The van der Waals surface area contributed by atoms with Gasteiger partial charge in [-0.05, 0) is 25.1 Å². The summed E-state index contributed by atoms with van der Waals surface area (Å²) in [6, 6.07) is 4.47. The molecule has 0 fully saturated rings. The van der Waals surface area contributed by atoms with Gasteiger partial charge in [-0.3, -0.25) is 14.0 Å². The van der Waals surface area contributed by atoms with E-state index in [1.165, 1.54) is 10.6 Å². The van der Waals surface area contributed by atoms with Crippen molar-refractivity contribution in [3.63, 3.8) is 0 Å². The highest BCUT2D eigenvalue weighted by Gasteiger charge is 2.23. The van der Waals surface area contributed by atoms with E-state index in [0.29, 0.717) is 5.82 Å². The minimum absolute atomic E-state index is 0.0355. The van der Waals surface area contributed by atoms with Crippen LogP contribution in [0.2, 0.25) is 0 Å². The van der Waals surface area contributed by atoms with Crippen LogP contribution >= 0.6 is 11.8 Å². The van der Waals surface area contributed by atoms with Gasteiger partial charge in [-0.2, -0.15) is 5.10 Å². The van der Waals surface area contributed by atoms with Crippen molar-refractivity contribution in [2.45, 2.75) is 18.1 Å². The Morgan fingerprint density at radius 1 is 1.36 bits per heavy atom. The fourth-order valence-electron chi connectivity index (χ4n) is 2.29. The summed E-state index contributed by atoms with van der Waals surface area (Å²) >= 11 is 0.898. The molecule has 0 amide bonds. The molecule has 7 nitrogen and oxygen atoms in total. The van der Waals surface area contributed by atoms with Crippen molar-refractivity contribution in [3.05, 3.63) is 54.1 Å². The lowest BCUT2D eigenvalue weighted by molar-refractivity contribution is -0.133. The zero-order chi connectivity index (χ0) is 18.0. The summed E-state index contributed by atoms with van der Waals surface area (Å²) in [4.78, 5) is 10.8. The third-order valence-electron chi connectivity index (χ3n) is 3.43. The average Bonchev–Trinajstić information content (AvgIpc) is 3.22. The average molecular weight is 365 g/mol. The molecule has 0 spiro atoms. The molecule has 2 heterocycles. The number of aromatic nitrogens is 5. The van der Waals surface area contributed by atoms with Crippen molar-refractivity contribution in [1.29, 1.82) is 0 Å². The van der Waals surface area contributed by atoms with Crippen LogP contribution in [0, 0.1) is 11.6 Å². The lowest BCUT2D eigenvalue weighted by Gasteiger charge is -2.15. The lowest BCUT2D eigenvalue weighted by Crippen LogP contribution is -2.15. The predicted octanol–water partition coefficient (Wildman–Crippen LogP) is 2.53. The van der Waals surface area contributed by atoms with Gasteiger partial charge in [-0.25, -0.2) is 8.78 Å². The van der Waals surface area contributed by atoms with E-state index in [0.717, 1.165) is 23.9 Å². The van der Waals surface area contributed by atoms with Gasteiger partial charge in [-0.1, -0.05) is 11.8 Å². The number of carbonyl (C=O) groups is 1. The summed E-state index contributed by atoms with van der Waals surface area (Å²) in [5, 5.41) is 21.2. The van der Waals surface area contributed by atoms with Crippen molar-refractivity contribution in [3.8, 4) is 5.69 Å². The largest absolute Gasteiger partial charge is 0.481 e. The van der Waals surface area contributed by atoms with E-state index < -0.39 is 23.6 Å². The molecule has 0 aliphatic carbocycles. The smallest absolute Gasteiger partial charge is 0.313 e. The highest BCUT2D eigenvalue weighted by molar-refractivity contribution is 7.99. The summed E-state index contributed by atoms with van der Waals surface area (Å²) in [6.45, 7) is 1.79. The number of hydrogen-bond acceptors (Lipinski definition) is 5. The maximum Gasteiger partial charge on any atom is 0.313 e. The van der Waals surface area contributed by atoms with E-state index in [2.05, 4.69) is 15.3 Å². The second-order valence-electron chi connectivity index (χ2n) is 5.12. The third kappa shape index (κ3) is 3.53. The Bertz CT molecular complexity index is 897. The van der Waals surface area contributed by atoms with Gasteiger partial charge in [0.15, 0.2) is 11.0 Å². The molecule has 0 unspecified atom stereocenters. The summed E-state index contributed by atoms with van der Waals surface area (Å²) in [5.74, 6) is -2.47. The molecule has 0 aliphatic rings. The van der Waals surface area contributed by atoms with Crippen LogP contribution in [-0.4, -0.2) is 41.4 Å². The van der Waals surface area contributed by atoms with Gasteiger partial charge >= 0.3 is 5.97 Å². The molecule has 0 saturated heterocycles. The van der Waals surface area contributed by atoms with Crippen LogP contribution in [0.1, 0.15) is 18.8 Å². The molecule has 0 radical (unpaired) electrons. The number of benzene rings is 1. The number of rotatable bonds is 6. The fraction of sp³-hybridized carbons (Fsp3) is 0.200. The molecule has 0 bridgehead atoms. The van der Waals surface area contributed by atoms with E-state index in [9.17, 15) is 13.6 Å². The van der Waals surface area contributed by atoms with Gasteiger partial charge in [0.1, 0.15) is 17.7 Å². The quantitative estimate of drug-likeness (QED) is 0.676. The van der Waals surface area contributed by atoms with Crippen LogP contribution in [0.4, 0.5) is 8.78 Å². The molecule has 1 N–H and O–H groups in total. The number of halogens is 2. The molecule has 2 aromatic heterocycles. The van der Waals surface area contributed by atoms with Gasteiger partial charge in [0.25, 0.3) is 0 Å². The number of aliphatic carboxylic acids is 1. The maximum absolute atomic E-state index is 14.3. The highest BCUT2D eigenvalue weighted by atomic mass is 32.2. The third-order valence-corrected chi connectivity index (χ3v) is 4.34. The lowest BCUT2D eigenvalue weighted by atomic mass is 10.2. The number of nitrogens with zero attached hydrogens (tertiary/aromatic N) is 5. The second kappa shape index (κ2) is 7.01. The van der Waals surface area contributed by atoms with Crippen molar-refractivity contribution in [1.82, 2.24) is 24.5 Å². The Hall–Kier alpha value is -2.75. The molecular formula is C15H13F2N5O2S. The highest BCUT2D eigenvalue weighted by Crippen LogP contribution is 2.28. The van der Waals surface area contributed by atoms with E-state index in [4.69, 9.17) is 5.11 Å². The number of carboxylic acids is 1. The maximum atomic E-state index is 14.3. The number of hydrogen-bond donors (Lipinski definition) is 1. The summed E-state index contributed by atoms with van der Waals surface area (Å²) in [5.41, 5.74) is 0.0355. The Balaban J connectivity index is 2.11. The Labute approximate surface area is 145 Å². The predicted molar refractivity (Wildman–Crippen MR) is 85.7 cm³/mol. The Morgan fingerprint density at radius 3 is 2.80 bits per heavy atom. The molecule has 10 heteroatoms. The van der Waals surface area contributed by atoms with Gasteiger partial charge in [0.05, 0.1) is 11.4 Å². The minimum Gasteiger partial charge on any atom is -0.481 e. The van der Waals surface area contributed by atoms with Crippen LogP contribution in [0.25, 0.3) is 5.69 Å². The second-order valence-corrected chi connectivity index (χ2v) is 6.06.